The molecule has 138 heavy (non-hydrogen) atoms. The maximum Gasteiger partial charge on any atom is 0.278 e. The van der Waals surface area contributed by atoms with Crippen molar-refractivity contribution >= 4 is 130 Å². The van der Waals surface area contributed by atoms with Crippen LogP contribution in [-0.4, -0.2) is 218 Å². The number of carbonyl (C=O) groups excluding carboxylic acids is 5. The van der Waals surface area contributed by atoms with Crippen LogP contribution in [0, 0.1) is 11.8 Å². The molecule has 0 bridgehead atoms. The Balaban J connectivity index is 0.000000125. The number of aromatic hydroxyl groups is 1. The van der Waals surface area contributed by atoms with Gasteiger partial charge in [-0.25, -0.2) is 19.9 Å². The van der Waals surface area contributed by atoms with E-state index in [0.717, 1.165) is 74.1 Å². The van der Waals surface area contributed by atoms with Gasteiger partial charge in [0.25, 0.3) is 29.5 Å². The first kappa shape index (κ1) is 95.7. The number of nitrogen functional groups attached to an aromatic ring is 3. The molecule has 718 valence electrons. The first-order valence-electron chi connectivity index (χ1n) is 46.0. The van der Waals surface area contributed by atoms with E-state index in [1.54, 1.807) is 115 Å². The number of fused-ring (bicyclic) bond motifs is 5. The number of benzene rings is 5. The number of piperidine rings is 1. The predicted octanol–water partition coefficient (Wildman–Crippen LogP) is 13.1. The summed E-state index contributed by atoms with van der Waals surface area (Å²) in [5, 5.41) is 50.7. The first-order chi connectivity index (χ1) is 67.2. The van der Waals surface area contributed by atoms with Gasteiger partial charge in [0.1, 0.15) is 43.5 Å². The van der Waals surface area contributed by atoms with E-state index >= 15 is 0 Å². The van der Waals surface area contributed by atoms with Crippen LogP contribution >= 0.6 is 0 Å². The van der Waals surface area contributed by atoms with E-state index in [-0.39, 0.29) is 64.4 Å². The number of rotatable bonds is 26. The molecule has 0 radical (unpaired) electrons. The summed E-state index contributed by atoms with van der Waals surface area (Å²) in [5.41, 5.74) is 26.9. The van der Waals surface area contributed by atoms with E-state index in [1.165, 1.54) is 89.1 Å². The van der Waals surface area contributed by atoms with Gasteiger partial charge in [0.05, 0.1) is 124 Å². The average molecular weight is 1880 g/mol. The number of anilines is 8. The number of hydrogen-bond acceptors (Lipinski definition) is 29. The van der Waals surface area contributed by atoms with Gasteiger partial charge in [-0.15, -0.1) is 25.5 Å². The van der Waals surface area contributed by atoms with Crippen molar-refractivity contribution in [2.45, 2.75) is 82.8 Å². The summed E-state index contributed by atoms with van der Waals surface area (Å²) in [6.07, 6.45) is 21.4. The van der Waals surface area contributed by atoms with E-state index in [0.29, 0.717) is 165 Å². The zero-order valence-electron chi connectivity index (χ0n) is 77.4. The maximum atomic E-state index is 12.4. The SMILES string of the molecule is Cn1nc(OCC2CCCC2)c2ccc(NC(=O)c3ncccc3N)cc21.Cn1nc(OCC2CCCC2)c2ccc(NC(=O)c3ncccc3N)cc21.Cn1nc(OCC2COCCO2)c2ccc(NC(=O)c3ccccn3)cc21.Cn1nc(OCC2COCCO2)c2ccc(NC(=O)c3ncccc3N)cc21.Cn1nc(OCCN2CCCCC2)c2ccc(NC(=O)c3ncccc3O)cc21. The molecule has 2 atom stereocenters. The van der Waals surface area contributed by atoms with E-state index in [1.807, 2.05) is 114 Å². The third-order valence-electron chi connectivity index (χ3n) is 24.0. The fourth-order valence-electron chi connectivity index (χ4n) is 16.7. The van der Waals surface area contributed by atoms with Gasteiger partial charge in [-0.3, -0.25) is 57.3 Å². The highest BCUT2D eigenvalue weighted by molar-refractivity contribution is 6.10. The number of nitrogens with zero attached hydrogens (tertiary/aromatic N) is 16. The predicted molar refractivity (Wildman–Crippen MR) is 522 cm³/mol. The number of aromatic nitrogens is 15. The van der Waals surface area contributed by atoms with Gasteiger partial charge in [0.15, 0.2) is 22.8 Å². The van der Waals surface area contributed by atoms with Crippen molar-refractivity contribution < 1.29 is 71.7 Å². The summed E-state index contributed by atoms with van der Waals surface area (Å²) in [6, 6.07) is 46.0. The van der Waals surface area contributed by atoms with Crippen molar-refractivity contribution in [3.8, 4) is 35.1 Å². The minimum absolute atomic E-state index is 0.0145. The van der Waals surface area contributed by atoms with E-state index in [2.05, 4.69) is 81.9 Å². The molecule has 2 saturated carbocycles. The molecule has 10 aromatic heterocycles. The molecule has 0 spiro atoms. The Hall–Kier alpha value is -15.5. The van der Waals surface area contributed by atoms with Crippen LogP contribution in [0.25, 0.3) is 54.5 Å². The molecule has 5 aliphatic rings. The summed E-state index contributed by atoms with van der Waals surface area (Å²) in [4.78, 5) is 84.4. The van der Waals surface area contributed by atoms with Crippen molar-refractivity contribution in [1.29, 1.82) is 0 Å². The molecule has 15 aromatic rings. The molecule has 3 saturated heterocycles. The number of likely N-dealkylation sites (tertiary alicyclic amines) is 1. The Morgan fingerprint density at radius 2 is 0.688 bits per heavy atom. The van der Waals surface area contributed by atoms with Crippen LogP contribution in [0.3, 0.4) is 0 Å². The molecule has 5 amide bonds. The van der Waals surface area contributed by atoms with E-state index in [9.17, 15) is 29.1 Å². The fourth-order valence-corrected chi connectivity index (χ4v) is 16.7. The van der Waals surface area contributed by atoms with Gasteiger partial charge < -0.3 is 91.5 Å². The number of nitrogens with two attached hydrogens (primary N) is 3. The standard InChI is InChI=1S/C21H25N5O3.2C20H23N5O2.C19H21N5O4.C19H20N4O4/c1-25-17-14-15(23-20(28)19-18(27)6-5-9-22-19)7-8-16(17)21(24-25)29-13-12-26-10-3-2-4-11-26;2*1-25-17-11-14(23-19(26)18-16(21)7-4-10-22-18)8-9-15(17)20(24-25)27-12-13-5-2-3-6-13;1-24-16-9-12(22-18(25)17-15(20)3-2-6-21-17)4-5-14(16)19(23-24)28-11-13-10-26-7-8-27-13;1-23-17-10-13(21-18(24)16-4-2-3-7-20-16)5-6-15(17)19(22-23)27-12-14-11-25-8-9-26-14/h5-9,14,27H,2-4,10-13H2,1H3,(H,23,28);2*4,7-11,13H,2-3,5-6,12,21H2,1H3,(H,23,26);2-6,9,13H,7-8,10-11,20H2,1H3,(H,22,25);2-7,10,14H,8-9,11-12H2,1H3,(H,21,24). The zero-order chi connectivity index (χ0) is 96.0. The lowest BCUT2D eigenvalue weighted by molar-refractivity contribution is -0.101. The highest BCUT2D eigenvalue weighted by atomic mass is 16.6. The monoisotopic (exact) mass is 1880 g/mol. The molecule has 39 heteroatoms. The molecular weight excluding hydrogens is 1770 g/mol. The van der Waals surface area contributed by atoms with Crippen LogP contribution in [-0.2, 0) is 54.2 Å². The molecule has 13 heterocycles. The van der Waals surface area contributed by atoms with Crippen molar-refractivity contribution in [3.63, 3.8) is 0 Å². The quantitative estimate of drug-likeness (QED) is 0.0243. The average Bonchev–Trinajstić information content (AvgIpc) is 1.67. The lowest BCUT2D eigenvalue weighted by Gasteiger charge is -2.25. The van der Waals surface area contributed by atoms with Crippen molar-refractivity contribution in [3.05, 3.63) is 217 Å². The van der Waals surface area contributed by atoms with E-state index < -0.39 is 5.91 Å². The number of pyridine rings is 5. The van der Waals surface area contributed by atoms with Gasteiger partial charge in [0.2, 0.25) is 29.4 Å². The van der Waals surface area contributed by atoms with Gasteiger partial charge in [-0.2, -0.15) is 0 Å². The molecular formula is C99H112N24O15. The third-order valence-corrected chi connectivity index (χ3v) is 24.0. The summed E-state index contributed by atoms with van der Waals surface area (Å²) >= 11 is 0. The summed E-state index contributed by atoms with van der Waals surface area (Å²) in [7, 11) is 9.23. The topological polar surface area (TPSA) is 484 Å². The fraction of sp³-hybridized carbons (Fsp3) is 0.343. The third kappa shape index (κ3) is 24.4. The second kappa shape index (κ2) is 45.7. The zero-order valence-corrected chi connectivity index (χ0v) is 77.4. The second-order valence-electron chi connectivity index (χ2n) is 33.9. The Morgan fingerprint density at radius 1 is 0.362 bits per heavy atom. The molecule has 20 rings (SSSR count). The van der Waals surface area contributed by atoms with Crippen LogP contribution in [0.5, 0.6) is 35.1 Å². The Labute approximate surface area is 794 Å². The smallest absolute Gasteiger partial charge is 0.278 e. The Bertz CT molecular complexity index is 6590. The lowest BCUT2D eigenvalue weighted by atomic mass is 10.1. The lowest BCUT2D eigenvalue weighted by Crippen LogP contribution is -2.33. The van der Waals surface area contributed by atoms with Crippen LogP contribution in [0.15, 0.2) is 189 Å². The second-order valence-corrected chi connectivity index (χ2v) is 33.9. The summed E-state index contributed by atoms with van der Waals surface area (Å²) < 4.78 is 60.2. The van der Waals surface area contributed by atoms with Crippen molar-refractivity contribution in [2.24, 2.45) is 47.1 Å². The number of ether oxygens (including phenoxy) is 9. The summed E-state index contributed by atoms with van der Waals surface area (Å²) in [6.45, 7) is 9.37. The van der Waals surface area contributed by atoms with Crippen LogP contribution in [0.1, 0.15) is 123 Å². The maximum absolute atomic E-state index is 12.4. The van der Waals surface area contributed by atoms with Gasteiger partial charge in [0, 0.05) is 101 Å². The highest BCUT2D eigenvalue weighted by Crippen LogP contribution is 2.36. The molecule has 3 aliphatic heterocycles. The molecule has 12 N–H and O–H groups in total. The number of nitrogens with one attached hydrogen (secondary N) is 5. The summed E-state index contributed by atoms with van der Waals surface area (Å²) in [5.74, 6) is 2.25. The highest BCUT2D eigenvalue weighted by Gasteiger charge is 2.27. The molecule has 2 aliphatic carbocycles. The van der Waals surface area contributed by atoms with E-state index in [4.69, 9.17) is 59.8 Å². The largest absolute Gasteiger partial charge is 0.505 e. The van der Waals surface area contributed by atoms with Gasteiger partial charge in [-0.05, 0) is 215 Å². The van der Waals surface area contributed by atoms with Crippen LogP contribution in [0.4, 0.5) is 45.5 Å². The molecule has 5 aromatic carbocycles. The van der Waals surface area contributed by atoms with Crippen molar-refractivity contribution in [1.82, 2.24) is 78.7 Å². The Morgan fingerprint density at radius 3 is 1.02 bits per heavy atom. The number of hydrogen-bond donors (Lipinski definition) is 9. The number of aryl methyl sites for hydroxylation is 5. The van der Waals surface area contributed by atoms with Gasteiger partial charge in [-0.1, -0.05) is 38.2 Å². The van der Waals surface area contributed by atoms with Crippen LogP contribution < -0.4 is 67.5 Å². The molecule has 5 fully saturated rings. The first-order valence-corrected chi connectivity index (χ1v) is 46.0. The van der Waals surface area contributed by atoms with Crippen LogP contribution in [0.2, 0.25) is 0 Å². The minimum Gasteiger partial charge on any atom is -0.505 e. The number of carbonyl (C=O) groups is 5. The molecule has 39 nitrogen and oxygen atoms in total. The van der Waals surface area contributed by atoms with Gasteiger partial charge >= 0.3 is 0 Å². The van der Waals surface area contributed by atoms with Crippen molar-refractivity contribution in [2.75, 3.05) is 136 Å². The minimum atomic E-state index is -0.470. The molecule has 2 unspecified atom stereocenters. The Kier molecular flexibility index (Phi) is 31.7. The number of amides is 5. The normalized spacial score (nSPS) is 15.5.